The Labute approximate surface area is 227 Å². The molecule has 2 N–H and O–H groups in total. The van der Waals surface area contributed by atoms with Gasteiger partial charge in [-0.25, -0.2) is 0 Å². The van der Waals surface area contributed by atoms with Crippen LogP contribution in [0.3, 0.4) is 0 Å². The fourth-order valence-electron chi connectivity index (χ4n) is 4.88. The Bertz CT molecular complexity index is 917. The number of ether oxygens (including phenoxy) is 3. The van der Waals surface area contributed by atoms with Gasteiger partial charge in [-0.2, -0.15) is 0 Å². The molecule has 8 heteroatoms. The third-order valence-electron chi connectivity index (χ3n) is 7.41. The van der Waals surface area contributed by atoms with Gasteiger partial charge in [0.2, 0.25) is 0 Å². The predicted octanol–water partition coefficient (Wildman–Crippen LogP) is 4.23. The van der Waals surface area contributed by atoms with E-state index in [0.29, 0.717) is 25.7 Å². The first-order chi connectivity index (χ1) is 17.7. The first-order valence-corrected chi connectivity index (χ1v) is 13.7. The largest absolute Gasteiger partial charge is 0.458 e. The van der Waals surface area contributed by atoms with E-state index in [1.54, 1.807) is 25.2 Å². The molecule has 0 bridgehead atoms. The van der Waals surface area contributed by atoms with Gasteiger partial charge in [-0.1, -0.05) is 52.0 Å². The molecular formula is C30H46O8. The highest BCUT2D eigenvalue weighted by Gasteiger charge is 2.47. The van der Waals surface area contributed by atoms with Crippen molar-refractivity contribution in [3.05, 3.63) is 36.0 Å². The van der Waals surface area contributed by atoms with E-state index in [4.69, 9.17) is 14.2 Å². The number of cyclic esters (lactones) is 1. The zero-order chi connectivity index (χ0) is 28.6. The molecule has 8 nitrogen and oxygen atoms in total. The van der Waals surface area contributed by atoms with Crippen LogP contribution < -0.4 is 0 Å². The summed E-state index contributed by atoms with van der Waals surface area (Å²) in [6, 6.07) is 0. The van der Waals surface area contributed by atoms with E-state index >= 15 is 0 Å². The van der Waals surface area contributed by atoms with Gasteiger partial charge in [0.05, 0.1) is 30.3 Å². The number of aliphatic hydroxyl groups excluding tert-OH is 1. The number of allylic oxidation sites excluding steroid dienone is 2. The summed E-state index contributed by atoms with van der Waals surface area (Å²) in [5.41, 5.74) is -0.383. The van der Waals surface area contributed by atoms with Gasteiger partial charge in [0, 0.05) is 31.6 Å². The number of carbonyl (C=O) groups excluding carboxylic acids is 3. The number of Topliss-reactive ketones (excluding diaryl/α,β-unsaturated/α-hetero) is 1. The van der Waals surface area contributed by atoms with Crippen molar-refractivity contribution < 1.29 is 38.8 Å². The smallest absolute Gasteiger partial charge is 0.309 e. The van der Waals surface area contributed by atoms with Gasteiger partial charge in [0.25, 0.3) is 0 Å². The molecule has 214 valence electrons. The number of hydrogen-bond donors (Lipinski definition) is 2. The van der Waals surface area contributed by atoms with Gasteiger partial charge in [-0.05, 0) is 44.3 Å². The van der Waals surface area contributed by atoms with Crippen molar-refractivity contribution in [2.24, 2.45) is 17.8 Å². The molecule has 0 spiro atoms. The van der Waals surface area contributed by atoms with Crippen LogP contribution in [-0.2, 0) is 28.6 Å². The van der Waals surface area contributed by atoms with Gasteiger partial charge in [0.1, 0.15) is 18.0 Å². The Balaban J connectivity index is 2.14. The maximum Gasteiger partial charge on any atom is 0.309 e. The minimum atomic E-state index is -1.14. The summed E-state index contributed by atoms with van der Waals surface area (Å²) in [5, 5.41) is 21.2. The molecule has 38 heavy (non-hydrogen) atoms. The molecule has 9 atom stereocenters. The predicted molar refractivity (Wildman–Crippen MR) is 144 cm³/mol. The van der Waals surface area contributed by atoms with Crippen LogP contribution in [0.5, 0.6) is 0 Å². The van der Waals surface area contributed by atoms with Crippen LogP contribution in [0.1, 0.15) is 80.6 Å². The van der Waals surface area contributed by atoms with Crippen LogP contribution >= 0.6 is 0 Å². The minimum absolute atomic E-state index is 0.0224. The lowest BCUT2D eigenvalue weighted by Crippen LogP contribution is -2.30. The number of hydrogen-bond acceptors (Lipinski definition) is 8. The molecule has 0 radical (unpaired) electrons. The second-order valence-corrected chi connectivity index (χ2v) is 11.2. The van der Waals surface area contributed by atoms with Gasteiger partial charge < -0.3 is 24.4 Å². The summed E-state index contributed by atoms with van der Waals surface area (Å²) in [6.07, 6.45) is 8.41. The van der Waals surface area contributed by atoms with Crippen LogP contribution in [0.2, 0.25) is 0 Å². The lowest BCUT2D eigenvalue weighted by atomic mass is 9.91. The molecule has 0 amide bonds. The third kappa shape index (κ3) is 10.1. The Kier molecular flexibility index (Phi) is 11.9. The SMILES string of the molecule is CCC(=O)C(C)C1OC1CC(C)(O)C=CC=C(C)C1OC(=O)CC(O)CCC(C)C(OC(C)=O)C=CC1C. The second-order valence-electron chi connectivity index (χ2n) is 11.2. The number of epoxide rings is 1. The van der Waals surface area contributed by atoms with Crippen LogP contribution in [0.25, 0.3) is 0 Å². The van der Waals surface area contributed by atoms with E-state index in [0.717, 1.165) is 5.57 Å². The van der Waals surface area contributed by atoms with Crippen molar-refractivity contribution in [3.8, 4) is 0 Å². The summed E-state index contributed by atoms with van der Waals surface area (Å²) < 4.78 is 16.9. The third-order valence-corrected chi connectivity index (χ3v) is 7.41. The van der Waals surface area contributed by atoms with Gasteiger partial charge in [-0.15, -0.1) is 0 Å². The van der Waals surface area contributed by atoms with Crippen LogP contribution in [0.4, 0.5) is 0 Å². The summed E-state index contributed by atoms with van der Waals surface area (Å²) >= 11 is 0. The van der Waals surface area contributed by atoms with E-state index in [1.807, 2.05) is 46.8 Å². The molecule has 2 aliphatic rings. The lowest BCUT2D eigenvalue weighted by Gasteiger charge is -2.27. The van der Waals surface area contributed by atoms with Crippen molar-refractivity contribution in [2.45, 2.75) is 117 Å². The molecule has 0 aromatic carbocycles. The number of rotatable bonds is 9. The molecule has 0 aromatic rings. The number of aliphatic hydroxyl groups is 2. The fraction of sp³-hybridized carbons (Fsp3) is 0.700. The molecule has 1 fully saturated rings. The Morgan fingerprint density at radius 1 is 1.24 bits per heavy atom. The second kappa shape index (κ2) is 14.2. The molecule has 0 aromatic heterocycles. The van der Waals surface area contributed by atoms with Crippen LogP contribution in [0.15, 0.2) is 36.0 Å². The topological polar surface area (TPSA) is 123 Å². The minimum Gasteiger partial charge on any atom is -0.458 e. The molecular weight excluding hydrogens is 488 g/mol. The van der Waals surface area contributed by atoms with Crippen molar-refractivity contribution in [1.82, 2.24) is 0 Å². The van der Waals surface area contributed by atoms with E-state index in [-0.39, 0.29) is 48.1 Å². The van der Waals surface area contributed by atoms with Gasteiger partial charge >= 0.3 is 11.9 Å². The maximum absolute atomic E-state index is 12.6. The molecule has 2 aliphatic heterocycles. The number of carbonyl (C=O) groups is 3. The van der Waals surface area contributed by atoms with Crippen molar-refractivity contribution in [3.63, 3.8) is 0 Å². The highest BCUT2D eigenvalue weighted by atomic mass is 16.6. The molecule has 2 heterocycles. The first kappa shape index (κ1) is 31.9. The average molecular weight is 535 g/mol. The molecule has 0 saturated carbocycles. The molecule has 9 unspecified atom stereocenters. The lowest BCUT2D eigenvalue weighted by molar-refractivity contribution is -0.151. The zero-order valence-electron chi connectivity index (χ0n) is 23.9. The van der Waals surface area contributed by atoms with Gasteiger partial charge in [0.15, 0.2) is 0 Å². The zero-order valence-corrected chi connectivity index (χ0v) is 23.9. The van der Waals surface area contributed by atoms with Crippen molar-refractivity contribution in [2.75, 3.05) is 0 Å². The number of ketones is 1. The summed E-state index contributed by atoms with van der Waals surface area (Å²) in [6.45, 7) is 12.5. The fourth-order valence-corrected chi connectivity index (χ4v) is 4.88. The van der Waals surface area contributed by atoms with Crippen LogP contribution in [0, 0.1) is 17.8 Å². The summed E-state index contributed by atoms with van der Waals surface area (Å²) in [7, 11) is 0. The van der Waals surface area contributed by atoms with Gasteiger partial charge in [-0.3, -0.25) is 14.4 Å². The summed E-state index contributed by atoms with van der Waals surface area (Å²) in [4.78, 5) is 36.1. The number of esters is 2. The highest BCUT2D eigenvalue weighted by Crippen LogP contribution is 2.36. The Hall–Kier alpha value is -2.29. The monoisotopic (exact) mass is 534 g/mol. The van der Waals surface area contributed by atoms with Crippen LogP contribution in [-0.4, -0.2) is 64.1 Å². The van der Waals surface area contributed by atoms with E-state index in [9.17, 15) is 24.6 Å². The van der Waals surface area contributed by atoms with E-state index < -0.39 is 29.9 Å². The molecule has 2 rings (SSSR count). The molecule has 0 aliphatic carbocycles. The average Bonchev–Trinajstić information content (AvgIpc) is 3.59. The molecule has 1 saturated heterocycles. The maximum atomic E-state index is 12.6. The normalized spacial score (nSPS) is 33.4. The highest BCUT2D eigenvalue weighted by molar-refractivity contribution is 5.81. The van der Waals surface area contributed by atoms with E-state index in [2.05, 4.69) is 0 Å². The van der Waals surface area contributed by atoms with Crippen molar-refractivity contribution >= 4 is 17.7 Å². The van der Waals surface area contributed by atoms with E-state index in [1.165, 1.54) is 6.92 Å². The summed E-state index contributed by atoms with van der Waals surface area (Å²) in [5.74, 6) is -1.14. The Morgan fingerprint density at radius 2 is 1.92 bits per heavy atom. The van der Waals surface area contributed by atoms with Crippen molar-refractivity contribution in [1.29, 1.82) is 0 Å². The first-order valence-electron chi connectivity index (χ1n) is 13.7. The Morgan fingerprint density at radius 3 is 2.55 bits per heavy atom. The standard InChI is InChI=1S/C30H46O8/c1-8-24(33)21(5)29-26(37-29)17-30(7,35)15-9-10-19(3)28-20(4)12-14-25(36-22(6)31)18(2)11-13-23(32)16-27(34)38-28/h9-10,12,14-15,18,20-21,23,25-26,28-29,32,35H,8,11,13,16-17H2,1-7H3. The quantitative estimate of drug-likeness (QED) is 0.195.